The molecule has 2 rings (SSSR count). The third kappa shape index (κ3) is 2.60. The van der Waals surface area contributed by atoms with Crippen molar-refractivity contribution >= 4 is 23.1 Å². The van der Waals surface area contributed by atoms with Crippen LogP contribution in [0.2, 0.25) is 0 Å². The molecule has 0 bridgehead atoms. The van der Waals surface area contributed by atoms with Gasteiger partial charge in [0.15, 0.2) is 0 Å². The molecule has 0 atom stereocenters. The third-order valence-corrected chi connectivity index (χ3v) is 3.30. The second-order valence-corrected chi connectivity index (χ2v) is 4.49. The first kappa shape index (κ1) is 12.4. The molecule has 18 heavy (non-hydrogen) atoms. The van der Waals surface area contributed by atoms with Gasteiger partial charge in [-0.25, -0.2) is 4.98 Å². The summed E-state index contributed by atoms with van der Waals surface area (Å²) in [5.74, 6) is 0. The summed E-state index contributed by atoms with van der Waals surface area (Å²) in [5.41, 5.74) is 0.580. The summed E-state index contributed by atoms with van der Waals surface area (Å²) >= 11 is 1.28. The number of nitro groups is 1. The zero-order chi connectivity index (χ0) is 13.0. The van der Waals surface area contributed by atoms with Crippen LogP contribution < -0.4 is 5.32 Å². The maximum atomic E-state index is 11.1. The van der Waals surface area contributed by atoms with Crippen molar-refractivity contribution in [1.29, 1.82) is 0 Å². The van der Waals surface area contributed by atoms with Gasteiger partial charge in [0, 0.05) is 13.2 Å². The van der Waals surface area contributed by atoms with Crippen LogP contribution in [-0.2, 0) is 0 Å². The lowest BCUT2D eigenvalue weighted by atomic mass is 10.3. The van der Waals surface area contributed by atoms with Crippen molar-refractivity contribution in [1.82, 2.24) is 4.98 Å². The monoisotopic (exact) mass is 261 g/mol. The van der Waals surface area contributed by atoms with Crippen molar-refractivity contribution in [2.24, 2.45) is 0 Å². The summed E-state index contributed by atoms with van der Waals surface area (Å²) in [6.07, 6.45) is 1.66. The molecule has 5 nitrogen and oxygen atoms in total. The summed E-state index contributed by atoms with van der Waals surface area (Å²) in [7, 11) is 1.66. The number of anilines is 1. The molecule has 0 aliphatic heterocycles. The van der Waals surface area contributed by atoms with E-state index >= 15 is 0 Å². The molecule has 1 aromatic heterocycles. The molecule has 6 heteroatoms. The highest BCUT2D eigenvalue weighted by Crippen LogP contribution is 2.38. The molecule has 0 aliphatic rings. The van der Waals surface area contributed by atoms with Gasteiger partial charge in [0.1, 0.15) is 10.7 Å². The Morgan fingerprint density at radius 3 is 2.72 bits per heavy atom. The Kier molecular flexibility index (Phi) is 3.78. The van der Waals surface area contributed by atoms with E-state index in [0.29, 0.717) is 10.6 Å². The predicted octanol–water partition coefficient (Wildman–Crippen LogP) is 3.18. The van der Waals surface area contributed by atoms with Crippen molar-refractivity contribution in [3.05, 3.63) is 52.7 Å². The van der Waals surface area contributed by atoms with Crippen molar-refractivity contribution in [3.63, 3.8) is 0 Å². The van der Waals surface area contributed by atoms with Crippen LogP contribution in [0, 0.1) is 10.1 Å². The molecule has 0 radical (unpaired) electrons. The van der Waals surface area contributed by atoms with Crippen molar-refractivity contribution in [3.8, 4) is 0 Å². The van der Waals surface area contributed by atoms with Crippen LogP contribution in [0.3, 0.4) is 0 Å². The number of aromatic nitrogens is 1. The van der Waals surface area contributed by atoms with Gasteiger partial charge in [-0.15, -0.1) is 0 Å². The van der Waals surface area contributed by atoms with E-state index in [-0.39, 0.29) is 10.6 Å². The van der Waals surface area contributed by atoms with Crippen LogP contribution >= 0.6 is 11.8 Å². The molecule has 0 spiro atoms. The standard InChI is InChI=1S/C12H11N3O2S/c1-13-9-5-4-6-10(12(9)15(16)17)18-11-7-2-3-8-14-11/h2-8,13H,1H3. The minimum Gasteiger partial charge on any atom is -0.383 e. The Hall–Kier alpha value is -2.08. The maximum Gasteiger partial charge on any atom is 0.306 e. The van der Waals surface area contributed by atoms with Gasteiger partial charge in [0.25, 0.3) is 0 Å². The normalized spacial score (nSPS) is 10.1. The van der Waals surface area contributed by atoms with Crippen molar-refractivity contribution in [2.45, 2.75) is 9.92 Å². The van der Waals surface area contributed by atoms with Gasteiger partial charge in [0.05, 0.1) is 9.82 Å². The average Bonchev–Trinajstić information content (AvgIpc) is 2.39. The van der Waals surface area contributed by atoms with E-state index < -0.39 is 0 Å². The van der Waals surface area contributed by atoms with E-state index in [4.69, 9.17) is 0 Å². The molecule has 0 saturated carbocycles. The third-order valence-electron chi connectivity index (χ3n) is 2.30. The second kappa shape index (κ2) is 5.50. The summed E-state index contributed by atoms with van der Waals surface area (Å²) < 4.78 is 0. The number of benzene rings is 1. The molecule has 1 aromatic carbocycles. The Labute approximate surface area is 108 Å². The van der Waals surface area contributed by atoms with Gasteiger partial charge in [-0.2, -0.15) is 0 Å². The fourth-order valence-electron chi connectivity index (χ4n) is 1.51. The SMILES string of the molecule is CNc1cccc(Sc2ccccn2)c1[N+](=O)[O-]. The molecule has 1 heterocycles. The first-order valence-corrected chi connectivity index (χ1v) is 6.08. The molecule has 0 fully saturated rings. The van der Waals surface area contributed by atoms with E-state index in [9.17, 15) is 10.1 Å². The minimum atomic E-state index is -0.378. The summed E-state index contributed by atoms with van der Waals surface area (Å²) in [6.45, 7) is 0. The lowest BCUT2D eigenvalue weighted by Gasteiger charge is -2.06. The number of nitro benzene ring substituents is 1. The second-order valence-electron chi connectivity index (χ2n) is 3.43. The Morgan fingerprint density at radius 2 is 2.11 bits per heavy atom. The fourth-order valence-corrected chi connectivity index (χ4v) is 2.43. The average molecular weight is 261 g/mol. The molecule has 92 valence electrons. The highest BCUT2D eigenvalue weighted by atomic mass is 32.2. The van der Waals surface area contributed by atoms with Crippen molar-refractivity contribution < 1.29 is 4.92 Å². The fraction of sp³-hybridized carbons (Fsp3) is 0.0833. The Morgan fingerprint density at radius 1 is 1.28 bits per heavy atom. The van der Waals surface area contributed by atoms with Gasteiger partial charge in [0.2, 0.25) is 0 Å². The molecule has 0 unspecified atom stereocenters. The number of pyridine rings is 1. The van der Waals surface area contributed by atoms with Crippen molar-refractivity contribution in [2.75, 3.05) is 12.4 Å². The number of nitrogens with zero attached hydrogens (tertiary/aromatic N) is 2. The molecule has 2 aromatic rings. The number of hydrogen-bond donors (Lipinski definition) is 1. The lowest BCUT2D eigenvalue weighted by molar-refractivity contribution is -0.386. The first-order chi connectivity index (χ1) is 8.72. The van der Waals surface area contributed by atoms with Crippen LogP contribution in [-0.4, -0.2) is 17.0 Å². The first-order valence-electron chi connectivity index (χ1n) is 5.26. The highest BCUT2D eigenvalue weighted by molar-refractivity contribution is 7.99. The zero-order valence-electron chi connectivity index (χ0n) is 9.66. The molecule has 0 amide bonds. The topological polar surface area (TPSA) is 68.1 Å². The predicted molar refractivity (Wildman–Crippen MR) is 71.0 cm³/mol. The zero-order valence-corrected chi connectivity index (χ0v) is 10.5. The number of para-hydroxylation sites is 1. The maximum absolute atomic E-state index is 11.1. The lowest BCUT2D eigenvalue weighted by Crippen LogP contribution is -1.98. The Bertz CT molecular complexity index is 561. The van der Waals surface area contributed by atoms with Gasteiger partial charge in [-0.3, -0.25) is 10.1 Å². The number of rotatable bonds is 4. The largest absolute Gasteiger partial charge is 0.383 e. The Balaban J connectivity index is 2.42. The smallest absolute Gasteiger partial charge is 0.306 e. The highest BCUT2D eigenvalue weighted by Gasteiger charge is 2.19. The summed E-state index contributed by atoms with van der Waals surface area (Å²) in [6, 6.07) is 10.7. The molecule has 1 N–H and O–H groups in total. The summed E-state index contributed by atoms with van der Waals surface area (Å²) in [4.78, 5) is 15.5. The van der Waals surface area contributed by atoms with Gasteiger partial charge in [-0.05, 0) is 24.3 Å². The van der Waals surface area contributed by atoms with Crippen LogP contribution in [0.25, 0.3) is 0 Å². The van der Waals surface area contributed by atoms with Gasteiger partial charge >= 0.3 is 5.69 Å². The van der Waals surface area contributed by atoms with Gasteiger partial charge in [-0.1, -0.05) is 23.9 Å². The van der Waals surface area contributed by atoms with Crippen LogP contribution in [0.5, 0.6) is 0 Å². The molecule has 0 aliphatic carbocycles. The number of nitrogens with one attached hydrogen (secondary N) is 1. The van der Waals surface area contributed by atoms with Crippen LogP contribution in [0.4, 0.5) is 11.4 Å². The minimum absolute atomic E-state index is 0.0793. The van der Waals surface area contributed by atoms with Crippen LogP contribution in [0.1, 0.15) is 0 Å². The number of hydrogen-bond acceptors (Lipinski definition) is 5. The summed E-state index contributed by atoms with van der Waals surface area (Å²) in [5, 5.41) is 14.7. The molecular formula is C12H11N3O2S. The van der Waals surface area contributed by atoms with Gasteiger partial charge < -0.3 is 5.32 Å². The van der Waals surface area contributed by atoms with E-state index in [1.165, 1.54) is 11.8 Å². The van der Waals surface area contributed by atoms with E-state index in [2.05, 4.69) is 10.3 Å². The molecular weight excluding hydrogens is 250 g/mol. The van der Waals surface area contributed by atoms with E-state index in [1.807, 2.05) is 18.2 Å². The molecule has 0 saturated heterocycles. The van der Waals surface area contributed by atoms with E-state index in [1.54, 1.807) is 31.4 Å². The van der Waals surface area contributed by atoms with Crippen LogP contribution in [0.15, 0.2) is 52.5 Å². The quantitative estimate of drug-likeness (QED) is 0.676. The van der Waals surface area contributed by atoms with E-state index in [0.717, 1.165) is 5.03 Å².